The fraction of sp³-hybridized carbons (Fsp3) is 0.250. The molecule has 2 aliphatic carbocycles. The summed E-state index contributed by atoms with van der Waals surface area (Å²) in [5.41, 5.74) is 3.53. The third-order valence-corrected chi connectivity index (χ3v) is 2.09. The molecule has 0 unspecified atom stereocenters. The normalized spacial score (nSPS) is 27.7. The molecule has 0 heterocycles. The van der Waals surface area contributed by atoms with Gasteiger partial charge in [-0.3, -0.25) is 0 Å². The molecule has 0 aliphatic heterocycles. The Bertz CT molecular complexity index is 303. The monoisotopic (exact) mass is 164 g/mol. The molecule has 0 aromatic carbocycles. The first-order valence-corrected chi connectivity index (χ1v) is 3.67. The minimum absolute atomic E-state index is 0.644. The summed E-state index contributed by atoms with van der Waals surface area (Å²) in [4.78, 5) is 0. The van der Waals surface area contributed by atoms with Crippen molar-refractivity contribution in [3.63, 3.8) is 0 Å². The number of hydrogen-bond donors (Lipinski definition) is 2. The molecule has 0 atom stereocenters. The quantitative estimate of drug-likeness (QED) is 0.418. The first-order valence-electron chi connectivity index (χ1n) is 3.67. The van der Waals surface area contributed by atoms with E-state index in [4.69, 9.17) is 10.4 Å². The molecule has 0 fully saturated rings. The van der Waals surface area contributed by atoms with Crippen LogP contribution in [-0.4, -0.2) is 21.8 Å². The lowest BCUT2D eigenvalue weighted by molar-refractivity contribution is 0.319. The molecule has 0 aromatic rings. The topological polar surface area (TPSA) is 65.2 Å². The van der Waals surface area contributed by atoms with Crippen LogP contribution in [0.5, 0.6) is 0 Å². The summed E-state index contributed by atoms with van der Waals surface area (Å²) in [7, 11) is 0. The predicted molar refractivity (Wildman–Crippen MR) is 43.8 cm³/mol. The molecule has 0 saturated carbocycles. The molecule has 2 rings (SSSR count). The molecule has 0 bridgehead atoms. The highest BCUT2D eigenvalue weighted by atomic mass is 16.4. The van der Waals surface area contributed by atoms with E-state index in [1.807, 2.05) is 12.2 Å². The molecule has 0 aromatic heterocycles. The summed E-state index contributed by atoms with van der Waals surface area (Å²) >= 11 is 0. The van der Waals surface area contributed by atoms with E-state index in [0.717, 1.165) is 11.1 Å². The van der Waals surface area contributed by atoms with Gasteiger partial charge in [0.2, 0.25) is 0 Å². The van der Waals surface area contributed by atoms with Gasteiger partial charge in [-0.25, -0.2) is 0 Å². The van der Waals surface area contributed by atoms with Gasteiger partial charge in [0.05, 0.1) is 11.4 Å². The zero-order chi connectivity index (χ0) is 8.55. The van der Waals surface area contributed by atoms with Crippen LogP contribution < -0.4 is 0 Å². The molecule has 2 N–H and O–H groups in total. The number of rotatable bonds is 0. The second kappa shape index (κ2) is 2.48. The molecule has 0 saturated heterocycles. The Hall–Kier alpha value is -1.58. The number of nitrogens with zero attached hydrogens (tertiary/aromatic N) is 2. The molecule has 0 spiro atoms. The molecular weight excluding hydrogens is 156 g/mol. The minimum atomic E-state index is 0.644. The standard InChI is InChI=1S/C8H8N2O2/c11-9-7-1-5-2-8(10-12)4-6(5)3-7/h1,4,11-12H,2-3H2. The molecule has 4 heteroatoms. The fourth-order valence-corrected chi connectivity index (χ4v) is 1.54. The highest BCUT2D eigenvalue weighted by Crippen LogP contribution is 2.31. The lowest BCUT2D eigenvalue weighted by Crippen LogP contribution is -1.90. The fourth-order valence-electron chi connectivity index (χ4n) is 1.54. The van der Waals surface area contributed by atoms with Gasteiger partial charge in [-0.15, -0.1) is 0 Å². The van der Waals surface area contributed by atoms with E-state index in [1.54, 1.807) is 0 Å². The van der Waals surface area contributed by atoms with Gasteiger partial charge in [0, 0.05) is 12.8 Å². The Kier molecular flexibility index (Phi) is 1.46. The zero-order valence-corrected chi connectivity index (χ0v) is 6.36. The molecule has 4 nitrogen and oxygen atoms in total. The van der Waals surface area contributed by atoms with Crippen molar-refractivity contribution in [2.75, 3.05) is 0 Å². The van der Waals surface area contributed by atoms with Gasteiger partial charge in [0.15, 0.2) is 0 Å². The van der Waals surface area contributed by atoms with Crippen molar-refractivity contribution in [3.05, 3.63) is 23.3 Å². The minimum Gasteiger partial charge on any atom is -0.411 e. The zero-order valence-electron chi connectivity index (χ0n) is 6.36. The summed E-state index contributed by atoms with van der Waals surface area (Å²) in [6.07, 6.45) is 4.93. The van der Waals surface area contributed by atoms with Crippen molar-refractivity contribution >= 4 is 11.4 Å². The van der Waals surface area contributed by atoms with Crippen molar-refractivity contribution in [1.82, 2.24) is 0 Å². The van der Waals surface area contributed by atoms with Crippen LogP contribution in [0.15, 0.2) is 33.6 Å². The van der Waals surface area contributed by atoms with Crippen LogP contribution in [0, 0.1) is 0 Å². The Balaban J connectivity index is 2.31. The summed E-state index contributed by atoms with van der Waals surface area (Å²) in [5.74, 6) is 0. The smallest absolute Gasteiger partial charge is 0.0842 e. The first kappa shape index (κ1) is 7.09. The van der Waals surface area contributed by atoms with Crippen LogP contribution in [0.4, 0.5) is 0 Å². The van der Waals surface area contributed by atoms with Gasteiger partial charge in [-0.05, 0) is 23.3 Å². The second-order valence-corrected chi connectivity index (χ2v) is 2.88. The average molecular weight is 164 g/mol. The highest BCUT2D eigenvalue weighted by Gasteiger charge is 2.23. The Morgan fingerprint density at radius 1 is 0.917 bits per heavy atom. The predicted octanol–water partition coefficient (Wildman–Crippen LogP) is 1.31. The molecule has 12 heavy (non-hydrogen) atoms. The van der Waals surface area contributed by atoms with Crippen molar-refractivity contribution in [1.29, 1.82) is 0 Å². The maximum Gasteiger partial charge on any atom is 0.0842 e. The van der Waals surface area contributed by atoms with E-state index in [0.29, 0.717) is 24.3 Å². The summed E-state index contributed by atoms with van der Waals surface area (Å²) in [6.45, 7) is 0. The third-order valence-electron chi connectivity index (χ3n) is 2.09. The summed E-state index contributed by atoms with van der Waals surface area (Å²) < 4.78 is 0. The van der Waals surface area contributed by atoms with Crippen LogP contribution >= 0.6 is 0 Å². The van der Waals surface area contributed by atoms with Crippen LogP contribution in [-0.2, 0) is 0 Å². The van der Waals surface area contributed by atoms with E-state index in [9.17, 15) is 0 Å². The maximum atomic E-state index is 8.48. The van der Waals surface area contributed by atoms with E-state index in [-0.39, 0.29) is 0 Å². The van der Waals surface area contributed by atoms with Crippen LogP contribution in [0.1, 0.15) is 12.8 Å². The van der Waals surface area contributed by atoms with Crippen LogP contribution in [0.3, 0.4) is 0 Å². The Morgan fingerprint density at radius 2 is 1.33 bits per heavy atom. The second-order valence-electron chi connectivity index (χ2n) is 2.88. The summed E-state index contributed by atoms with van der Waals surface area (Å²) in [5, 5.41) is 23.2. The van der Waals surface area contributed by atoms with Crippen molar-refractivity contribution < 1.29 is 10.4 Å². The van der Waals surface area contributed by atoms with Crippen molar-refractivity contribution in [2.45, 2.75) is 12.8 Å². The van der Waals surface area contributed by atoms with Gasteiger partial charge in [0.1, 0.15) is 0 Å². The van der Waals surface area contributed by atoms with Gasteiger partial charge in [-0.1, -0.05) is 10.3 Å². The first-order chi connectivity index (χ1) is 5.83. The average Bonchev–Trinajstić information content (AvgIpc) is 2.59. The van der Waals surface area contributed by atoms with E-state index < -0.39 is 0 Å². The van der Waals surface area contributed by atoms with Gasteiger partial charge in [0.25, 0.3) is 0 Å². The van der Waals surface area contributed by atoms with Gasteiger partial charge >= 0.3 is 0 Å². The van der Waals surface area contributed by atoms with E-state index in [2.05, 4.69) is 10.3 Å². The molecule has 0 radical (unpaired) electrons. The molecule has 2 aliphatic rings. The number of hydrogen-bond acceptors (Lipinski definition) is 4. The van der Waals surface area contributed by atoms with E-state index >= 15 is 0 Å². The molecule has 62 valence electrons. The lowest BCUT2D eigenvalue weighted by atomic mass is 10.2. The van der Waals surface area contributed by atoms with Gasteiger partial charge in [-0.2, -0.15) is 0 Å². The molecule has 0 amide bonds. The largest absolute Gasteiger partial charge is 0.411 e. The highest BCUT2D eigenvalue weighted by molar-refractivity contribution is 6.10. The Labute approximate surface area is 69.2 Å². The molecular formula is C8H8N2O2. The number of oxime groups is 2. The van der Waals surface area contributed by atoms with Crippen LogP contribution in [0.25, 0.3) is 0 Å². The van der Waals surface area contributed by atoms with Crippen molar-refractivity contribution in [3.8, 4) is 0 Å². The summed E-state index contributed by atoms with van der Waals surface area (Å²) in [6, 6.07) is 0. The Morgan fingerprint density at radius 3 is 1.67 bits per heavy atom. The lowest BCUT2D eigenvalue weighted by Gasteiger charge is -1.88. The number of fused-ring (bicyclic) bond motifs is 1. The van der Waals surface area contributed by atoms with Crippen molar-refractivity contribution in [2.24, 2.45) is 10.3 Å². The SMILES string of the molecule is ON=C1C=C2CC(=NO)C=C2C1. The van der Waals surface area contributed by atoms with E-state index in [1.165, 1.54) is 0 Å². The number of allylic oxidation sites excluding steroid dienone is 4. The van der Waals surface area contributed by atoms with Gasteiger partial charge < -0.3 is 10.4 Å². The van der Waals surface area contributed by atoms with Crippen LogP contribution in [0.2, 0.25) is 0 Å². The maximum absolute atomic E-state index is 8.48. The third kappa shape index (κ3) is 0.922.